The Hall–Kier alpha value is -1.75. The first-order valence-corrected chi connectivity index (χ1v) is 9.00. The molecule has 5 heteroatoms. The van der Waals surface area contributed by atoms with Crippen LogP contribution in [0.1, 0.15) is 53.4 Å². The van der Waals surface area contributed by atoms with Gasteiger partial charge >= 0.3 is 0 Å². The van der Waals surface area contributed by atoms with E-state index in [1.807, 2.05) is 13.8 Å². The normalized spacial score (nSPS) is 35.0. The van der Waals surface area contributed by atoms with E-state index in [9.17, 15) is 24.6 Å². The highest BCUT2D eigenvalue weighted by Gasteiger charge is 2.59. The van der Waals surface area contributed by atoms with Crippen LogP contribution in [0.3, 0.4) is 0 Å². The number of fused-ring (bicyclic) bond motifs is 2. The minimum Gasteiger partial charge on any atom is -0.507 e. The summed E-state index contributed by atoms with van der Waals surface area (Å²) in [7, 11) is 0. The molecule has 0 saturated heterocycles. The van der Waals surface area contributed by atoms with Gasteiger partial charge in [0.2, 0.25) is 11.6 Å². The number of aliphatic hydroxyl groups excluding tert-OH is 2. The van der Waals surface area contributed by atoms with Crippen molar-refractivity contribution in [2.24, 2.45) is 22.7 Å². The number of allylic oxidation sites excluding steroid dienone is 2. The van der Waals surface area contributed by atoms with Crippen LogP contribution in [0.2, 0.25) is 0 Å². The maximum absolute atomic E-state index is 13.0. The fraction of sp³-hybridized carbons (Fsp3) is 0.650. The molecule has 3 atom stereocenters. The second-order valence-corrected chi connectivity index (χ2v) is 8.67. The summed E-state index contributed by atoms with van der Waals surface area (Å²) in [5, 5.41) is 21.4. The fourth-order valence-electron chi connectivity index (χ4n) is 5.30. The Kier molecular flexibility index (Phi) is 4.06. The standard InChI is InChI=1S/C20H26O5/c1-10(2)13-16(23)14-11(22)8-12-19(3,4)6-5-7-20(12,9-21)15(14)18(25)17(13)24/h9-12,22-23H,5-8H2,1-4H3. The third kappa shape index (κ3) is 2.28. The van der Waals surface area contributed by atoms with Crippen LogP contribution in [-0.4, -0.2) is 34.2 Å². The highest BCUT2D eigenvalue weighted by molar-refractivity contribution is 6.51. The van der Waals surface area contributed by atoms with Crippen LogP contribution in [0.5, 0.6) is 0 Å². The smallest absolute Gasteiger partial charge is 0.233 e. The first-order chi connectivity index (χ1) is 11.6. The number of rotatable bonds is 2. The third-order valence-electron chi connectivity index (χ3n) is 6.48. The number of carbonyl (C=O) groups is 3. The van der Waals surface area contributed by atoms with E-state index in [1.54, 1.807) is 13.8 Å². The third-order valence-corrected chi connectivity index (χ3v) is 6.48. The van der Waals surface area contributed by atoms with Crippen molar-refractivity contribution in [3.8, 4) is 0 Å². The van der Waals surface area contributed by atoms with Gasteiger partial charge in [0.15, 0.2) is 0 Å². The predicted molar refractivity (Wildman–Crippen MR) is 91.8 cm³/mol. The second-order valence-electron chi connectivity index (χ2n) is 8.67. The number of aliphatic hydroxyl groups is 2. The molecule has 5 nitrogen and oxygen atoms in total. The van der Waals surface area contributed by atoms with Gasteiger partial charge in [0.1, 0.15) is 12.0 Å². The largest absolute Gasteiger partial charge is 0.507 e. The van der Waals surface area contributed by atoms with E-state index in [4.69, 9.17) is 0 Å². The quantitative estimate of drug-likeness (QED) is 0.456. The van der Waals surface area contributed by atoms with Gasteiger partial charge in [0, 0.05) is 16.7 Å². The molecule has 1 saturated carbocycles. The van der Waals surface area contributed by atoms with Crippen LogP contribution in [0, 0.1) is 22.7 Å². The van der Waals surface area contributed by atoms with Crippen LogP contribution < -0.4 is 0 Å². The molecule has 0 bridgehead atoms. The first-order valence-electron chi connectivity index (χ1n) is 9.00. The fourth-order valence-corrected chi connectivity index (χ4v) is 5.30. The van der Waals surface area contributed by atoms with Crippen LogP contribution in [0.25, 0.3) is 0 Å². The molecule has 3 aliphatic rings. The molecule has 136 valence electrons. The van der Waals surface area contributed by atoms with Crippen molar-refractivity contribution < 1.29 is 24.6 Å². The first kappa shape index (κ1) is 18.1. The number of aldehydes is 1. The number of ketones is 2. The Balaban J connectivity index is 2.33. The summed E-state index contributed by atoms with van der Waals surface area (Å²) in [5.41, 5.74) is -1.14. The lowest BCUT2D eigenvalue weighted by Crippen LogP contribution is -2.54. The van der Waals surface area contributed by atoms with Gasteiger partial charge in [-0.2, -0.15) is 0 Å². The van der Waals surface area contributed by atoms with Gasteiger partial charge in [-0.1, -0.05) is 34.1 Å². The van der Waals surface area contributed by atoms with Crippen molar-refractivity contribution in [1.29, 1.82) is 0 Å². The number of carbonyl (C=O) groups excluding carboxylic acids is 3. The van der Waals surface area contributed by atoms with Crippen LogP contribution in [-0.2, 0) is 14.4 Å². The van der Waals surface area contributed by atoms with Crippen molar-refractivity contribution in [2.45, 2.75) is 59.5 Å². The van der Waals surface area contributed by atoms with E-state index in [0.717, 1.165) is 19.1 Å². The molecular weight excluding hydrogens is 320 g/mol. The molecular formula is C20H26O5. The number of hydrogen-bond donors (Lipinski definition) is 2. The van der Waals surface area contributed by atoms with Crippen LogP contribution in [0.15, 0.2) is 22.5 Å². The van der Waals surface area contributed by atoms with Crippen molar-refractivity contribution >= 4 is 17.9 Å². The van der Waals surface area contributed by atoms with Crippen LogP contribution in [0.4, 0.5) is 0 Å². The van der Waals surface area contributed by atoms with Gasteiger partial charge in [-0.15, -0.1) is 0 Å². The van der Waals surface area contributed by atoms with Crippen molar-refractivity contribution in [3.63, 3.8) is 0 Å². The van der Waals surface area contributed by atoms with Gasteiger partial charge in [-0.25, -0.2) is 0 Å². The number of hydrogen-bond acceptors (Lipinski definition) is 5. The Morgan fingerprint density at radius 3 is 2.36 bits per heavy atom. The molecule has 3 rings (SSSR count). The van der Waals surface area contributed by atoms with Gasteiger partial charge in [0.25, 0.3) is 0 Å². The monoisotopic (exact) mass is 346 g/mol. The van der Waals surface area contributed by atoms with Crippen molar-refractivity contribution in [2.75, 3.05) is 0 Å². The molecule has 0 radical (unpaired) electrons. The Morgan fingerprint density at radius 2 is 1.80 bits per heavy atom. The highest BCUT2D eigenvalue weighted by atomic mass is 16.3. The lowest BCUT2D eigenvalue weighted by atomic mass is 9.48. The second kappa shape index (κ2) is 5.63. The zero-order valence-electron chi connectivity index (χ0n) is 15.3. The average Bonchev–Trinajstić information content (AvgIpc) is 2.52. The Labute approximate surface area is 147 Å². The maximum Gasteiger partial charge on any atom is 0.233 e. The molecule has 0 aromatic carbocycles. The topological polar surface area (TPSA) is 91.7 Å². The minimum absolute atomic E-state index is 0.0392. The lowest BCUT2D eigenvalue weighted by molar-refractivity contribution is -0.138. The molecule has 1 fully saturated rings. The van der Waals surface area contributed by atoms with Gasteiger partial charge in [-0.3, -0.25) is 9.59 Å². The molecule has 0 amide bonds. The van der Waals surface area contributed by atoms with E-state index in [2.05, 4.69) is 0 Å². The summed E-state index contributed by atoms with van der Waals surface area (Å²) in [6, 6.07) is 0. The summed E-state index contributed by atoms with van der Waals surface area (Å²) < 4.78 is 0. The molecule has 3 aliphatic carbocycles. The molecule has 0 aliphatic heterocycles. The average molecular weight is 346 g/mol. The SMILES string of the molecule is CC(C)C1=C(O)C2=C(C(=O)C1=O)C1(C=O)CCCC(C)(C)C1CC2O. The molecule has 3 unspecified atom stereocenters. The molecule has 0 aromatic rings. The van der Waals surface area contributed by atoms with E-state index >= 15 is 0 Å². The van der Waals surface area contributed by atoms with E-state index in [1.165, 1.54) is 0 Å². The number of Topliss-reactive ketones (excluding diaryl/α,β-unsaturated/α-hetero) is 2. The maximum atomic E-state index is 13.0. The van der Waals surface area contributed by atoms with E-state index < -0.39 is 23.1 Å². The zero-order valence-corrected chi connectivity index (χ0v) is 15.3. The summed E-state index contributed by atoms with van der Waals surface area (Å²) in [6.45, 7) is 7.52. The van der Waals surface area contributed by atoms with Gasteiger partial charge < -0.3 is 15.0 Å². The highest BCUT2D eigenvalue weighted by Crippen LogP contribution is 2.60. The van der Waals surface area contributed by atoms with Crippen molar-refractivity contribution in [1.82, 2.24) is 0 Å². The summed E-state index contributed by atoms with van der Waals surface area (Å²) in [4.78, 5) is 37.9. The zero-order chi connectivity index (χ0) is 18.7. The summed E-state index contributed by atoms with van der Waals surface area (Å²) in [6.07, 6.45) is 2.18. The molecule has 2 N–H and O–H groups in total. The van der Waals surface area contributed by atoms with Crippen molar-refractivity contribution in [3.05, 3.63) is 22.5 Å². The molecule has 25 heavy (non-hydrogen) atoms. The minimum atomic E-state index is -1.10. The van der Waals surface area contributed by atoms with E-state index in [0.29, 0.717) is 12.8 Å². The van der Waals surface area contributed by atoms with Gasteiger partial charge in [0.05, 0.1) is 11.5 Å². The predicted octanol–water partition coefficient (Wildman–Crippen LogP) is 2.68. The molecule has 0 heterocycles. The Morgan fingerprint density at radius 1 is 1.16 bits per heavy atom. The lowest BCUT2D eigenvalue weighted by Gasteiger charge is -2.54. The molecule has 0 spiro atoms. The van der Waals surface area contributed by atoms with Crippen LogP contribution >= 0.6 is 0 Å². The summed E-state index contributed by atoms with van der Waals surface area (Å²) in [5.74, 6) is -2.35. The molecule has 0 aromatic heterocycles. The van der Waals surface area contributed by atoms with E-state index in [-0.39, 0.29) is 39.7 Å². The summed E-state index contributed by atoms with van der Waals surface area (Å²) >= 11 is 0. The van der Waals surface area contributed by atoms with Gasteiger partial charge in [-0.05, 0) is 36.5 Å². The Bertz CT molecular complexity index is 724.